The molecular weight excluding hydrogens is 288 g/mol. The Balaban J connectivity index is 1.87. The summed E-state index contributed by atoms with van der Waals surface area (Å²) >= 11 is 5.29. The van der Waals surface area contributed by atoms with Gasteiger partial charge in [-0.15, -0.1) is 21.5 Å². The topological polar surface area (TPSA) is 42.7 Å². The van der Waals surface area contributed by atoms with E-state index in [0.717, 1.165) is 18.9 Å². The van der Waals surface area contributed by atoms with E-state index in [0.29, 0.717) is 0 Å². The SMILES string of the molecule is Cc1cc(CNCc2nncn2C)sc1Br. The predicted octanol–water partition coefficient (Wildman–Crippen LogP) is 2.24. The Morgan fingerprint density at radius 1 is 1.50 bits per heavy atom. The monoisotopic (exact) mass is 300 g/mol. The highest BCUT2D eigenvalue weighted by Gasteiger charge is 2.03. The first-order valence-corrected chi connectivity index (χ1v) is 6.56. The molecule has 16 heavy (non-hydrogen) atoms. The minimum atomic E-state index is 0.741. The van der Waals surface area contributed by atoms with Crippen molar-refractivity contribution in [3.05, 3.63) is 32.4 Å². The maximum absolute atomic E-state index is 4.01. The molecule has 1 N–H and O–H groups in total. The molecule has 0 unspecified atom stereocenters. The van der Waals surface area contributed by atoms with E-state index in [2.05, 4.69) is 44.4 Å². The summed E-state index contributed by atoms with van der Waals surface area (Å²) in [5.74, 6) is 0.951. The molecule has 0 aliphatic rings. The van der Waals surface area contributed by atoms with Crippen LogP contribution in [0.25, 0.3) is 0 Å². The van der Waals surface area contributed by atoms with Crippen LogP contribution >= 0.6 is 27.3 Å². The fraction of sp³-hybridized carbons (Fsp3) is 0.400. The Morgan fingerprint density at radius 3 is 2.88 bits per heavy atom. The standard InChI is InChI=1S/C10H13BrN4S/c1-7-3-8(16-10(7)11)4-12-5-9-14-13-6-15(9)2/h3,6,12H,4-5H2,1-2H3. The van der Waals surface area contributed by atoms with E-state index in [1.165, 1.54) is 14.2 Å². The van der Waals surface area contributed by atoms with E-state index >= 15 is 0 Å². The van der Waals surface area contributed by atoms with Gasteiger partial charge in [0.2, 0.25) is 0 Å². The summed E-state index contributed by atoms with van der Waals surface area (Å²) in [6.07, 6.45) is 1.71. The van der Waals surface area contributed by atoms with Gasteiger partial charge in [-0.25, -0.2) is 0 Å². The van der Waals surface area contributed by atoms with Gasteiger partial charge in [0.25, 0.3) is 0 Å². The van der Waals surface area contributed by atoms with Gasteiger partial charge in [0.05, 0.1) is 10.3 Å². The molecular formula is C10H13BrN4S. The predicted molar refractivity (Wildman–Crippen MR) is 68.3 cm³/mol. The van der Waals surface area contributed by atoms with E-state index in [1.54, 1.807) is 17.7 Å². The molecule has 6 heteroatoms. The van der Waals surface area contributed by atoms with Gasteiger partial charge in [-0.3, -0.25) is 0 Å². The van der Waals surface area contributed by atoms with Gasteiger partial charge < -0.3 is 9.88 Å². The van der Waals surface area contributed by atoms with Crippen molar-refractivity contribution < 1.29 is 0 Å². The molecule has 0 fully saturated rings. The molecule has 0 radical (unpaired) electrons. The van der Waals surface area contributed by atoms with Gasteiger partial charge in [0, 0.05) is 18.5 Å². The number of aryl methyl sites for hydroxylation is 2. The first kappa shape index (κ1) is 11.8. The van der Waals surface area contributed by atoms with Gasteiger partial charge >= 0.3 is 0 Å². The zero-order chi connectivity index (χ0) is 11.5. The third-order valence-electron chi connectivity index (χ3n) is 2.30. The molecule has 2 heterocycles. The fourth-order valence-electron chi connectivity index (χ4n) is 1.38. The Morgan fingerprint density at radius 2 is 2.31 bits per heavy atom. The number of aromatic nitrogens is 3. The molecule has 0 spiro atoms. The molecule has 2 aromatic heterocycles. The average Bonchev–Trinajstić information content (AvgIpc) is 2.76. The van der Waals surface area contributed by atoms with Crippen LogP contribution in [-0.2, 0) is 20.1 Å². The van der Waals surface area contributed by atoms with Gasteiger partial charge in [0.15, 0.2) is 0 Å². The van der Waals surface area contributed by atoms with E-state index in [4.69, 9.17) is 0 Å². The van der Waals surface area contributed by atoms with Crippen LogP contribution in [0.5, 0.6) is 0 Å². The van der Waals surface area contributed by atoms with Crippen LogP contribution in [-0.4, -0.2) is 14.8 Å². The number of rotatable bonds is 4. The van der Waals surface area contributed by atoms with Gasteiger partial charge in [-0.2, -0.15) is 0 Å². The highest BCUT2D eigenvalue weighted by Crippen LogP contribution is 2.27. The lowest BCUT2D eigenvalue weighted by atomic mass is 10.3. The third kappa shape index (κ3) is 2.69. The highest BCUT2D eigenvalue weighted by atomic mass is 79.9. The molecule has 86 valence electrons. The number of halogens is 1. The van der Waals surface area contributed by atoms with Crippen molar-refractivity contribution in [2.45, 2.75) is 20.0 Å². The third-order valence-corrected chi connectivity index (χ3v) is 4.43. The molecule has 0 saturated heterocycles. The summed E-state index contributed by atoms with van der Waals surface area (Å²) in [5, 5.41) is 11.2. The first-order chi connectivity index (χ1) is 7.66. The van der Waals surface area contributed by atoms with Crippen LogP contribution < -0.4 is 5.32 Å². The Kier molecular flexibility index (Phi) is 3.73. The van der Waals surface area contributed by atoms with Crippen LogP contribution in [0.3, 0.4) is 0 Å². The maximum atomic E-state index is 4.01. The zero-order valence-corrected chi connectivity index (χ0v) is 11.6. The smallest absolute Gasteiger partial charge is 0.146 e. The van der Waals surface area contributed by atoms with Crippen LogP contribution in [0.15, 0.2) is 16.2 Å². The number of hydrogen-bond acceptors (Lipinski definition) is 4. The number of thiophene rings is 1. The molecule has 0 bridgehead atoms. The van der Waals surface area contributed by atoms with Crippen molar-refractivity contribution in [2.75, 3.05) is 0 Å². The molecule has 0 saturated carbocycles. The summed E-state index contributed by atoms with van der Waals surface area (Å²) in [5.41, 5.74) is 1.29. The van der Waals surface area contributed by atoms with Crippen molar-refractivity contribution in [3.63, 3.8) is 0 Å². The minimum Gasteiger partial charge on any atom is -0.320 e. The van der Waals surface area contributed by atoms with E-state index in [1.807, 2.05) is 11.6 Å². The molecule has 4 nitrogen and oxygen atoms in total. The Bertz CT molecular complexity index is 457. The maximum Gasteiger partial charge on any atom is 0.146 e. The van der Waals surface area contributed by atoms with E-state index in [9.17, 15) is 0 Å². The van der Waals surface area contributed by atoms with Gasteiger partial charge in [-0.05, 0) is 34.5 Å². The second-order valence-corrected chi connectivity index (χ2v) is 6.09. The molecule has 2 aromatic rings. The van der Waals surface area contributed by atoms with Crippen LogP contribution in [0, 0.1) is 6.92 Å². The second-order valence-electron chi connectivity index (χ2n) is 3.63. The Labute approximate surface area is 107 Å². The number of nitrogens with one attached hydrogen (secondary N) is 1. The lowest BCUT2D eigenvalue weighted by Gasteiger charge is -2.01. The van der Waals surface area contributed by atoms with Crippen molar-refractivity contribution in [3.8, 4) is 0 Å². The number of nitrogens with zero attached hydrogens (tertiary/aromatic N) is 3. The Hall–Kier alpha value is -0.720. The highest BCUT2D eigenvalue weighted by molar-refractivity contribution is 9.11. The van der Waals surface area contributed by atoms with Crippen molar-refractivity contribution in [2.24, 2.45) is 7.05 Å². The quantitative estimate of drug-likeness (QED) is 0.942. The number of hydrogen-bond donors (Lipinski definition) is 1. The van der Waals surface area contributed by atoms with E-state index < -0.39 is 0 Å². The molecule has 0 aliphatic heterocycles. The lowest BCUT2D eigenvalue weighted by Crippen LogP contribution is -2.15. The molecule has 2 rings (SSSR count). The molecule has 0 amide bonds. The van der Waals surface area contributed by atoms with Crippen molar-refractivity contribution in [1.82, 2.24) is 20.1 Å². The summed E-state index contributed by atoms with van der Waals surface area (Å²) in [6.45, 7) is 3.71. The molecule has 0 aliphatic carbocycles. The molecule has 0 atom stereocenters. The first-order valence-electron chi connectivity index (χ1n) is 4.95. The summed E-state index contributed by atoms with van der Waals surface area (Å²) in [6, 6.07) is 2.19. The fourth-order valence-corrected chi connectivity index (χ4v) is 2.97. The van der Waals surface area contributed by atoms with Gasteiger partial charge in [-0.1, -0.05) is 0 Å². The average molecular weight is 301 g/mol. The largest absolute Gasteiger partial charge is 0.320 e. The van der Waals surface area contributed by atoms with Crippen LogP contribution in [0.4, 0.5) is 0 Å². The van der Waals surface area contributed by atoms with E-state index in [-0.39, 0.29) is 0 Å². The zero-order valence-electron chi connectivity index (χ0n) is 9.20. The summed E-state index contributed by atoms with van der Waals surface area (Å²) < 4.78 is 3.13. The summed E-state index contributed by atoms with van der Waals surface area (Å²) in [4.78, 5) is 1.33. The molecule has 0 aromatic carbocycles. The second kappa shape index (κ2) is 5.07. The van der Waals surface area contributed by atoms with Crippen molar-refractivity contribution >= 4 is 27.3 Å². The van der Waals surface area contributed by atoms with Crippen molar-refractivity contribution in [1.29, 1.82) is 0 Å². The van der Waals surface area contributed by atoms with Gasteiger partial charge in [0.1, 0.15) is 12.2 Å². The lowest BCUT2D eigenvalue weighted by molar-refractivity contribution is 0.642. The van der Waals surface area contributed by atoms with Crippen LogP contribution in [0.2, 0.25) is 0 Å². The summed E-state index contributed by atoms with van der Waals surface area (Å²) in [7, 11) is 1.95. The van der Waals surface area contributed by atoms with Crippen LogP contribution in [0.1, 0.15) is 16.3 Å². The minimum absolute atomic E-state index is 0.741. The normalized spacial score (nSPS) is 10.9.